The number of aromatic amines is 1. The van der Waals surface area contributed by atoms with E-state index in [0.717, 1.165) is 44.1 Å². The molecule has 0 fully saturated rings. The minimum Gasteiger partial charge on any atom is -0.478 e. The number of benzene rings is 4. The van der Waals surface area contributed by atoms with Crippen LogP contribution in [0.2, 0.25) is 0 Å². The van der Waals surface area contributed by atoms with Crippen molar-refractivity contribution in [2.75, 3.05) is 0 Å². The summed E-state index contributed by atoms with van der Waals surface area (Å²) in [6.07, 6.45) is 2.12. The van der Waals surface area contributed by atoms with Crippen molar-refractivity contribution in [3.05, 3.63) is 116 Å². The zero-order chi connectivity index (χ0) is 28.3. The van der Waals surface area contributed by atoms with Crippen molar-refractivity contribution in [3.8, 4) is 0 Å². The lowest BCUT2D eigenvalue weighted by molar-refractivity contribution is -0.384. The van der Waals surface area contributed by atoms with Crippen LogP contribution >= 0.6 is 0 Å². The molecule has 0 saturated carbocycles. The molecule has 0 spiro atoms. The van der Waals surface area contributed by atoms with E-state index in [1.54, 1.807) is 30.5 Å². The summed E-state index contributed by atoms with van der Waals surface area (Å²) in [7, 11) is 0. The van der Waals surface area contributed by atoms with Crippen LogP contribution in [-0.2, 0) is 11.8 Å². The number of aryl methyl sites for hydroxylation is 1. The number of rotatable bonds is 6. The van der Waals surface area contributed by atoms with Gasteiger partial charge in [0.1, 0.15) is 0 Å². The van der Waals surface area contributed by atoms with Crippen LogP contribution in [0.25, 0.3) is 21.8 Å². The SMILES string of the molecule is Cc1c2c(c(Cc3ccc([N+](=O)[O-])cc3)c3c1[nH]c1ccccc13)N=CC2(C)c1cccc(C(=O)O)c1C(=O)O. The van der Waals surface area contributed by atoms with Crippen LogP contribution in [0.3, 0.4) is 0 Å². The molecule has 4 aromatic carbocycles. The molecule has 1 aliphatic rings. The molecular formula is C31H23N3O6. The molecule has 2 heterocycles. The Kier molecular flexibility index (Phi) is 5.55. The van der Waals surface area contributed by atoms with Crippen LogP contribution in [0.5, 0.6) is 0 Å². The summed E-state index contributed by atoms with van der Waals surface area (Å²) < 4.78 is 0. The van der Waals surface area contributed by atoms with Crippen LogP contribution < -0.4 is 0 Å². The first-order valence-electron chi connectivity index (χ1n) is 12.6. The molecule has 0 bridgehead atoms. The number of nitro benzene ring substituents is 1. The number of non-ortho nitro benzene ring substituents is 1. The van der Waals surface area contributed by atoms with Crippen molar-refractivity contribution in [2.45, 2.75) is 25.7 Å². The highest BCUT2D eigenvalue weighted by Crippen LogP contribution is 2.51. The Bertz CT molecular complexity index is 1940. The first kappa shape index (κ1) is 25.0. The number of hydrogen-bond acceptors (Lipinski definition) is 5. The van der Waals surface area contributed by atoms with Crippen molar-refractivity contribution in [1.29, 1.82) is 0 Å². The molecule has 198 valence electrons. The van der Waals surface area contributed by atoms with Gasteiger partial charge >= 0.3 is 11.9 Å². The molecule has 6 rings (SSSR count). The lowest BCUT2D eigenvalue weighted by Gasteiger charge is -2.28. The number of aromatic carboxylic acids is 2. The first-order chi connectivity index (χ1) is 19.1. The molecule has 0 aliphatic carbocycles. The number of hydrogen-bond donors (Lipinski definition) is 3. The van der Waals surface area contributed by atoms with E-state index in [4.69, 9.17) is 4.99 Å². The lowest BCUT2D eigenvalue weighted by atomic mass is 9.72. The van der Waals surface area contributed by atoms with E-state index in [1.807, 2.05) is 38.1 Å². The van der Waals surface area contributed by atoms with Gasteiger partial charge in [0, 0.05) is 41.1 Å². The van der Waals surface area contributed by atoms with E-state index in [0.29, 0.717) is 17.7 Å². The Balaban J connectivity index is 1.66. The fourth-order valence-corrected chi connectivity index (χ4v) is 6.05. The van der Waals surface area contributed by atoms with Gasteiger partial charge in [0.2, 0.25) is 0 Å². The first-order valence-corrected chi connectivity index (χ1v) is 12.6. The van der Waals surface area contributed by atoms with Gasteiger partial charge in [0.15, 0.2) is 0 Å². The van der Waals surface area contributed by atoms with Gasteiger partial charge < -0.3 is 15.2 Å². The van der Waals surface area contributed by atoms with Crippen molar-refractivity contribution in [3.63, 3.8) is 0 Å². The molecule has 1 atom stereocenters. The van der Waals surface area contributed by atoms with E-state index in [2.05, 4.69) is 4.98 Å². The number of nitro groups is 1. The zero-order valence-electron chi connectivity index (χ0n) is 21.6. The van der Waals surface area contributed by atoms with Gasteiger partial charge in [-0.05, 0) is 53.8 Å². The molecule has 0 radical (unpaired) electrons. The van der Waals surface area contributed by atoms with E-state index in [9.17, 15) is 29.9 Å². The second-order valence-corrected chi connectivity index (χ2v) is 10.1. The van der Waals surface area contributed by atoms with Crippen LogP contribution in [0.15, 0.2) is 71.7 Å². The molecule has 1 unspecified atom stereocenters. The Labute approximate surface area is 227 Å². The molecule has 0 saturated heterocycles. The van der Waals surface area contributed by atoms with Crippen molar-refractivity contribution in [1.82, 2.24) is 4.98 Å². The summed E-state index contributed by atoms with van der Waals surface area (Å²) in [6.45, 7) is 3.81. The minimum absolute atomic E-state index is 0.000217. The number of aromatic nitrogens is 1. The number of H-pyrrole nitrogens is 1. The van der Waals surface area contributed by atoms with Crippen molar-refractivity contribution in [2.24, 2.45) is 4.99 Å². The smallest absolute Gasteiger partial charge is 0.336 e. The van der Waals surface area contributed by atoms with Crippen LogP contribution in [0, 0.1) is 17.0 Å². The molecule has 1 aliphatic heterocycles. The topological polar surface area (TPSA) is 146 Å². The highest BCUT2D eigenvalue weighted by molar-refractivity contribution is 6.14. The Morgan fingerprint density at radius 3 is 2.40 bits per heavy atom. The predicted molar refractivity (Wildman–Crippen MR) is 151 cm³/mol. The van der Waals surface area contributed by atoms with Gasteiger partial charge in [-0.3, -0.25) is 15.1 Å². The maximum atomic E-state index is 12.4. The highest BCUT2D eigenvalue weighted by atomic mass is 16.6. The summed E-state index contributed by atoms with van der Waals surface area (Å²) in [5.41, 5.74) is 4.65. The fraction of sp³-hybridized carbons (Fsp3) is 0.129. The van der Waals surface area contributed by atoms with Crippen LogP contribution in [0.4, 0.5) is 11.4 Å². The number of nitrogens with zero attached hydrogens (tertiary/aromatic N) is 2. The molecule has 5 aromatic rings. The van der Waals surface area contributed by atoms with Crippen molar-refractivity contribution < 1.29 is 24.7 Å². The molecule has 9 nitrogen and oxygen atoms in total. The number of para-hydroxylation sites is 1. The van der Waals surface area contributed by atoms with E-state index >= 15 is 0 Å². The second-order valence-electron chi connectivity index (χ2n) is 10.1. The quantitative estimate of drug-likeness (QED) is 0.167. The van der Waals surface area contributed by atoms with Crippen LogP contribution in [-0.4, -0.2) is 38.3 Å². The van der Waals surface area contributed by atoms with Gasteiger partial charge in [0.05, 0.1) is 32.7 Å². The third kappa shape index (κ3) is 3.59. The Hall–Kier alpha value is -5.31. The number of fused-ring (bicyclic) bond motifs is 4. The second kappa shape index (κ2) is 8.88. The Morgan fingerprint density at radius 2 is 1.73 bits per heavy atom. The predicted octanol–water partition coefficient (Wildman–Crippen LogP) is 6.55. The van der Waals surface area contributed by atoms with Gasteiger partial charge in [-0.2, -0.15) is 0 Å². The van der Waals surface area contributed by atoms with Gasteiger partial charge in [-0.25, -0.2) is 9.59 Å². The summed E-state index contributed by atoms with van der Waals surface area (Å²) in [5.74, 6) is -2.65. The molecule has 40 heavy (non-hydrogen) atoms. The van der Waals surface area contributed by atoms with E-state index < -0.39 is 22.3 Å². The average molecular weight is 534 g/mol. The molecule has 9 heteroatoms. The third-order valence-electron chi connectivity index (χ3n) is 7.85. The Morgan fingerprint density at radius 1 is 1.00 bits per heavy atom. The summed E-state index contributed by atoms with van der Waals surface area (Å²) in [5, 5.41) is 33.0. The van der Waals surface area contributed by atoms with E-state index in [-0.39, 0.29) is 16.8 Å². The minimum atomic E-state index is -1.33. The highest BCUT2D eigenvalue weighted by Gasteiger charge is 2.41. The largest absolute Gasteiger partial charge is 0.478 e. The van der Waals surface area contributed by atoms with Crippen molar-refractivity contribution >= 4 is 51.3 Å². The van der Waals surface area contributed by atoms with Gasteiger partial charge in [-0.15, -0.1) is 0 Å². The molecule has 0 amide bonds. The summed E-state index contributed by atoms with van der Waals surface area (Å²) in [4.78, 5) is 43.5. The average Bonchev–Trinajstić information content (AvgIpc) is 3.50. The maximum Gasteiger partial charge on any atom is 0.336 e. The zero-order valence-corrected chi connectivity index (χ0v) is 21.6. The summed E-state index contributed by atoms with van der Waals surface area (Å²) >= 11 is 0. The number of carboxylic acids is 2. The molecular weight excluding hydrogens is 510 g/mol. The summed E-state index contributed by atoms with van der Waals surface area (Å²) in [6, 6.07) is 18.8. The van der Waals surface area contributed by atoms with Crippen LogP contribution in [0.1, 0.15) is 55.5 Å². The van der Waals surface area contributed by atoms with Gasteiger partial charge in [0.25, 0.3) is 5.69 Å². The normalized spacial score (nSPS) is 15.9. The number of carboxylic acid groups (broad SMARTS) is 2. The standard InChI is InChI=1S/C31H23N3O6/c1-16-26-28(32-15-31(26,2)22-8-5-7-20(29(35)36)25(22)30(37)38)21(14-17-10-12-18(13-11-17)34(39)40)24-19-6-3-4-9-23(19)33-27(16)24/h3-13,15,33H,14H2,1-2H3,(H,35,36)(H,37,38). The van der Waals surface area contributed by atoms with E-state index in [1.165, 1.54) is 18.2 Å². The fourth-order valence-electron chi connectivity index (χ4n) is 6.05. The monoisotopic (exact) mass is 533 g/mol. The number of aliphatic imine (C=N–C) groups is 1. The lowest BCUT2D eigenvalue weighted by Crippen LogP contribution is -2.28. The maximum absolute atomic E-state index is 12.4. The third-order valence-corrected chi connectivity index (χ3v) is 7.85. The van der Waals surface area contributed by atoms with Gasteiger partial charge in [-0.1, -0.05) is 42.5 Å². The number of carbonyl (C=O) groups is 2. The molecule has 1 aromatic heterocycles. The molecule has 3 N–H and O–H groups in total. The number of nitrogens with one attached hydrogen (secondary N) is 1.